The zero-order chi connectivity index (χ0) is 38.9. The average Bonchev–Trinajstić information content (AvgIpc) is 3.70. The average molecular weight is 802 g/mol. The summed E-state index contributed by atoms with van der Waals surface area (Å²) < 4.78 is 10.5. The number of pyridine rings is 1. The molecule has 2 aliphatic heterocycles. The monoisotopic (exact) mass is 800 g/mol. The number of carbonyl (C=O) groups excluding carboxylic acids is 1. The lowest BCUT2D eigenvalue weighted by Gasteiger charge is -2.46. The minimum Gasteiger partial charge on any atom is -0.444 e. The number of para-hydroxylation sites is 1. The maximum absolute atomic E-state index is 14.1. The topological polar surface area (TPSA) is 123 Å². The molecule has 4 fully saturated rings. The summed E-state index contributed by atoms with van der Waals surface area (Å²) in [5.41, 5.74) is 2.11. The van der Waals surface area contributed by atoms with Gasteiger partial charge in [-0.05, 0) is 115 Å². The van der Waals surface area contributed by atoms with Crippen LogP contribution in [0.4, 0.5) is 4.79 Å². The quantitative estimate of drug-likeness (QED) is 0.183. The molecule has 5 aromatic rings. The second-order valence-electron chi connectivity index (χ2n) is 17.7. The zero-order valence-electron chi connectivity index (χ0n) is 32.4. The van der Waals surface area contributed by atoms with Crippen LogP contribution in [0, 0.1) is 11.3 Å². The summed E-state index contributed by atoms with van der Waals surface area (Å²) in [5, 5.41) is 6.32. The van der Waals surface area contributed by atoms with Gasteiger partial charge in [0.1, 0.15) is 11.2 Å². The highest BCUT2D eigenvalue weighted by atomic mass is 35.5. The van der Waals surface area contributed by atoms with Crippen LogP contribution in [0.2, 0.25) is 10.0 Å². The minimum atomic E-state index is -0.502. The predicted molar refractivity (Wildman–Crippen MR) is 219 cm³/mol. The summed E-state index contributed by atoms with van der Waals surface area (Å²) in [6, 6.07) is 7.21. The molecule has 0 radical (unpaired) electrons. The SMILES string of the molecule is CC(C)(C)OC(=O)N1CCC2(CCC(CN3CCC(n4cc(-c5cc6c(ncc7c(=O)n(-c8c(Cl)cccc8Cl)c(=O)n(C8CC8)c76)[nH]5)cn4)CC3)CC2)CC1. The van der Waals surface area contributed by atoms with E-state index < -0.39 is 16.9 Å². The van der Waals surface area contributed by atoms with Gasteiger partial charge in [-0.25, -0.2) is 19.1 Å². The molecule has 4 aromatic heterocycles. The molecule has 0 atom stereocenters. The van der Waals surface area contributed by atoms with Crippen LogP contribution in [-0.4, -0.2) is 83.1 Å². The van der Waals surface area contributed by atoms with Crippen LogP contribution < -0.4 is 11.2 Å². The van der Waals surface area contributed by atoms with Gasteiger partial charge in [0.05, 0.1) is 44.6 Å². The second-order valence-corrected chi connectivity index (χ2v) is 18.5. The molecule has 0 bridgehead atoms. The lowest BCUT2D eigenvalue weighted by atomic mass is 9.65. The molecule has 1 spiro atoms. The van der Waals surface area contributed by atoms with Crippen molar-refractivity contribution in [2.75, 3.05) is 32.7 Å². The number of H-pyrrole nitrogens is 1. The van der Waals surface area contributed by atoms with E-state index in [-0.39, 0.29) is 27.9 Å². The number of fused-ring (bicyclic) bond motifs is 3. The fourth-order valence-corrected chi connectivity index (χ4v) is 10.1. The van der Waals surface area contributed by atoms with Crippen molar-refractivity contribution in [1.82, 2.24) is 38.7 Å². The lowest BCUT2D eigenvalue weighted by molar-refractivity contribution is -0.000368. The molecular formula is C42H50Cl2N8O4. The van der Waals surface area contributed by atoms with Crippen LogP contribution in [0.25, 0.3) is 38.9 Å². The molecule has 12 nitrogen and oxygen atoms in total. The summed E-state index contributed by atoms with van der Waals surface area (Å²) in [5.74, 6) is 0.733. The first-order valence-electron chi connectivity index (χ1n) is 20.2. The minimum absolute atomic E-state index is 0.0268. The Hall–Kier alpha value is -4.13. The molecule has 1 aromatic carbocycles. The van der Waals surface area contributed by atoms with E-state index >= 15 is 0 Å². The molecule has 4 aliphatic rings. The van der Waals surface area contributed by atoms with Crippen molar-refractivity contribution in [3.8, 4) is 16.9 Å². The zero-order valence-corrected chi connectivity index (χ0v) is 33.9. The van der Waals surface area contributed by atoms with Crippen molar-refractivity contribution in [2.45, 2.75) is 103 Å². The Bertz CT molecular complexity index is 2390. The Morgan fingerprint density at radius 3 is 2.27 bits per heavy atom. The third kappa shape index (κ3) is 7.06. The number of nitrogens with one attached hydrogen (secondary N) is 1. The first-order valence-corrected chi connectivity index (χ1v) is 21.0. The van der Waals surface area contributed by atoms with E-state index in [9.17, 15) is 14.4 Å². The maximum Gasteiger partial charge on any atom is 0.410 e. The number of amides is 1. The van der Waals surface area contributed by atoms with Crippen LogP contribution in [0.5, 0.6) is 0 Å². The second kappa shape index (κ2) is 14.4. The molecular weight excluding hydrogens is 751 g/mol. The first kappa shape index (κ1) is 37.4. The van der Waals surface area contributed by atoms with Crippen molar-refractivity contribution in [1.29, 1.82) is 0 Å². The number of aromatic nitrogens is 6. The van der Waals surface area contributed by atoms with E-state index in [1.807, 2.05) is 37.9 Å². The van der Waals surface area contributed by atoms with Crippen LogP contribution in [0.3, 0.4) is 0 Å². The van der Waals surface area contributed by atoms with Gasteiger partial charge in [0.2, 0.25) is 0 Å². The highest BCUT2D eigenvalue weighted by molar-refractivity contribution is 6.37. The maximum atomic E-state index is 14.1. The fourth-order valence-electron chi connectivity index (χ4n) is 9.49. The summed E-state index contributed by atoms with van der Waals surface area (Å²) in [6.45, 7) is 10.7. The van der Waals surface area contributed by atoms with Crippen molar-refractivity contribution in [2.24, 2.45) is 11.3 Å². The van der Waals surface area contributed by atoms with E-state index in [1.54, 1.807) is 29.0 Å². The molecule has 6 heterocycles. The molecule has 1 N–H and O–H groups in total. The van der Waals surface area contributed by atoms with E-state index in [0.29, 0.717) is 28.0 Å². The molecule has 2 aliphatic carbocycles. The number of nitrogens with zero attached hydrogens (tertiary/aromatic N) is 7. The molecule has 296 valence electrons. The van der Waals surface area contributed by atoms with Gasteiger partial charge in [0.25, 0.3) is 5.56 Å². The van der Waals surface area contributed by atoms with E-state index in [1.165, 1.54) is 25.7 Å². The summed E-state index contributed by atoms with van der Waals surface area (Å²) in [7, 11) is 0. The molecule has 0 unspecified atom stereocenters. The van der Waals surface area contributed by atoms with Gasteiger partial charge in [-0.1, -0.05) is 29.3 Å². The smallest absolute Gasteiger partial charge is 0.410 e. The number of rotatable bonds is 6. The van der Waals surface area contributed by atoms with Gasteiger partial charge >= 0.3 is 11.8 Å². The number of benzene rings is 1. The number of aromatic amines is 1. The van der Waals surface area contributed by atoms with Gasteiger partial charge in [-0.15, -0.1) is 0 Å². The Balaban J connectivity index is 0.852. The van der Waals surface area contributed by atoms with Crippen molar-refractivity contribution >= 4 is 51.2 Å². The van der Waals surface area contributed by atoms with Crippen molar-refractivity contribution in [3.05, 3.63) is 73.7 Å². The molecule has 9 rings (SSSR count). The normalized spacial score (nSPS) is 20.1. The third-order valence-electron chi connectivity index (χ3n) is 12.8. The summed E-state index contributed by atoms with van der Waals surface area (Å²) >= 11 is 13.0. The van der Waals surface area contributed by atoms with Crippen LogP contribution >= 0.6 is 23.2 Å². The lowest BCUT2D eigenvalue weighted by Crippen LogP contribution is -2.47. The largest absolute Gasteiger partial charge is 0.444 e. The standard InChI is InChI=1S/C42H50Cl2N8O4/c1-41(2,3)56-40(55)49-19-15-42(16-20-49)13-9-26(10-14-42)24-48-17-11-28(12-18-48)50-25-27(22-46-50)34-21-30-35-31(23-45-37(30)47-34)38(53)52(39(54)51(35)29-7-8-29)36-32(43)5-4-6-33(36)44/h4-6,21-23,25-26,28-29H,7-20,24H2,1-3H3,(H,45,47). The third-order valence-corrected chi connectivity index (χ3v) is 13.4. The number of piperidine rings is 2. The van der Waals surface area contributed by atoms with Crippen LogP contribution in [0.1, 0.15) is 97.1 Å². The van der Waals surface area contributed by atoms with Gasteiger partial charge < -0.3 is 19.5 Å². The summed E-state index contributed by atoms with van der Waals surface area (Å²) in [4.78, 5) is 53.3. The van der Waals surface area contributed by atoms with E-state index in [2.05, 4.69) is 25.7 Å². The predicted octanol–water partition coefficient (Wildman–Crippen LogP) is 8.38. The van der Waals surface area contributed by atoms with Gasteiger partial charge in [-0.2, -0.15) is 5.10 Å². The number of halogens is 2. The highest BCUT2D eigenvalue weighted by Crippen LogP contribution is 2.47. The first-order chi connectivity index (χ1) is 26.9. The van der Waals surface area contributed by atoms with Crippen LogP contribution in [-0.2, 0) is 4.74 Å². The Morgan fingerprint density at radius 1 is 0.911 bits per heavy atom. The fraction of sp³-hybridized carbons (Fsp3) is 0.548. The number of hydrogen-bond donors (Lipinski definition) is 1. The Labute approximate surface area is 335 Å². The molecule has 14 heteroatoms. The number of carbonyl (C=O) groups is 1. The summed E-state index contributed by atoms with van der Waals surface area (Å²) in [6.07, 6.45) is 16.4. The van der Waals surface area contributed by atoms with Crippen molar-refractivity contribution < 1.29 is 9.53 Å². The van der Waals surface area contributed by atoms with Crippen LogP contribution in [0.15, 0.2) is 52.4 Å². The van der Waals surface area contributed by atoms with Gasteiger partial charge in [-0.3, -0.25) is 14.0 Å². The van der Waals surface area contributed by atoms with E-state index in [0.717, 1.165) is 98.4 Å². The highest BCUT2D eigenvalue weighted by Gasteiger charge is 2.40. The van der Waals surface area contributed by atoms with Gasteiger partial charge in [0.15, 0.2) is 0 Å². The molecule has 2 saturated carbocycles. The molecule has 2 saturated heterocycles. The number of likely N-dealkylation sites (tertiary alicyclic amines) is 2. The Morgan fingerprint density at radius 2 is 1.61 bits per heavy atom. The molecule has 56 heavy (non-hydrogen) atoms. The Kier molecular flexibility index (Phi) is 9.60. The number of hydrogen-bond acceptors (Lipinski definition) is 7. The van der Waals surface area contributed by atoms with E-state index in [4.69, 9.17) is 33.0 Å². The van der Waals surface area contributed by atoms with Crippen molar-refractivity contribution in [3.63, 3.8) is 0 Å². The molecule has 1 amide bonds. The number of ether oxygens (including phenoxy) is 1. The van der Waals surface area contributed by atoms with Gasteiger partial charge in [0, 0.05) is 62.1 Å².